The van der Waals surface area contributed by atoms with E-state index in [4.69, 9.17) is 5.41 Å². The first-order valence-electron chi connectivity index (χ1n) is 13.0. The molecule has 1 fully saturated rings. The van der Waals surface area contributed by atoms with Gasteiger partial charge in [0.2, 0.25) is 0 Å². The molecule has 0 saturated carbocycles. The van der Waals surface area contributed by atoms with E-state index >= 15 is 0 Å². The van der Waals surface area contributed by atoms with Crippen LogP contribution in [0.15, 0.2) is 36.4 Å². The van der Waals surface area contributed by atoms with Crippen LogP contribution in [0.25, 0.3) is 0 Å². The van der Waals surface area contributed by atoms with Gasteiger partial charge in [-0.1, -0.05) is 26.0 Å². The fourth-order valence-electron chi connectivity index (χ4n) is 4.79. The molecule has 38 heavy (non-hydrogen) atoms. The van der Waals surface area contributed by atoms with Gasteiger partial charge < -0.3 is 25.5 Å². The summed E-state index contributed by atoms with van der Waals surface area (Å²) in [5, 5.41) is 45.0. The molecule has 2 aromatic carbocycles. The van der Waals surface area contributed by atoms with Crippen LogP contribution in [0.1, 0.15) is 56.2 Å². The topological polar surface area (TPSA) is 149 Å². The number of nitrogens with zero attached hydrogens (tertiary/aromatic N) is 2. The standard InChI is InChI=1S/C28H39N5O5/c1-5-31-27(36)26(30-4)33(25(29)22-14-21(17(2)3)23(34)15-24(22)35)20-8-6-18(7-9-20)16-32-12-10-19(11-13-32)28(37)38/h6-9,14-15,17,19,26,29-30,34-35H,5,10-13,16H2,1-4H3,(H,31,36)(H,37,38). The largest absolute Gasteiger partial charge is 0.508 e. The van der Waals surface area contributed by atoms with Crippen LogP contribution in [0.4, 0.5) is 5.69 Å². The van der Waals surface area contributed by atoms with E-state index in [1.807, 2.05) is 45.0 Å². The van der Waals surface area contributed by atoms with Crippen molar-refractivity contribution in [1.29, 1.82) is 5.41 Å². The zero-order chi connectivity index (χ0) is 28.0. The maximum Gasteiger partial charge on any atom is 0.306 e. The quantitative estimate of drug-likeness (QED) is 0.157. The molecule has 3 rings (SSSR count). The number of anilines is 1. The third kappa shape index (κ3) is 6.62. The minimum absolute atomic E-state index is 0.0427. The molecular formula is C28H39N5O5. The molecule has 10 heteroatoms. The second kappa shape index (κ2) is 12.7. The number of phenols is 2. The molecule has 0 radical (unpaired) electrons. The fourth-order valence-corrected chi connectivity index (χ4v) is 4.79. The number of aromatic hydroxyl groups is 2. The summed E-state index contributed by atoms with van der Waals surface area (Å²) in [6, 6.07) is 10.3. The molecule has 1 aliphatic heterocycles. The highest BCUT2D eigenvalue weighted by molar-refractivity contribution is 6.12. The average Bonchev–Trinajstić information content (AvgIpc) is 2.87. The molecule has 2 aromatic rings. The number of piperidine rings is 1. The monoisotopic (exact) mass is 525 g/mol. The number of aliphatic carboxylic acids is 1. The van der Waals surface area contributed by atoms with Crippen LogP contribution >= 0.6 is 0 Å². The van der Waals surface area contributed by atoms with Crippen LogP contribution in [-0.4, -0.2) is 70.8 Å². The van der Waals surface area contributed by atoms with Gasteiger partial charge in [0.1, 0.15) is 17.3 Å². The van der Waals surface area contributed by atoms with Crippen LogP contribution in [0, 0.1) is 11.3 Å². The van der Waals surface area contributed by atoms with E-state index in [0.717, 1.165) is 5.56 Å². The number of nitrogens with one attached hydrogen (secondary N) is 3. The van der Waals surface area contributed by atoms with E-state index in [1.165, 1.54) is 11.0 Å². The third-order valence-corrected chi connectivity index (χ3v) is 6.95. The zero-order valence-corrected chi connectivity index (χ0v) is 22.5. The Bertz CT molecular complexity index is 1140. The summed E-state index contributed by atoms with van der Waals surface area (Å²) in [6.45, 7) is 8.15. The molecule has 10 nitrogen and oxygen atoms in total. The molecule has 0 spiro atoms. The summed E-state index contributed by atoms with van der Waals surface area (Å²) in [5.41, 5.74) is 2.39. The number of hydrogen-bond acceptors (Lipinski definition) is 7. The van der Waals surface area contributed by atoms with Crippen molar-refractivity contribution < 1.29 is 24.9 Å². The van der Waals surface area contributed by atoms with Crippen LogP contribution in [0.2, 0.25) is 0 Å². The van der Waals surface area contributed by atoms with E-state index < -0.39 is 12.1 Å². The average molecular weight is 526 g/mol. The number of hydrogen-bond donors (Lipinski definition) is 6. The zero-order valence-electron chi connectivity index (χ0n) is 22.5. The number of phenolic OH excluding ortho intramolecular Hbond substituents is 2. The minimum atomic E-state index is -0.931. The fraction of sp³-hybridized carbons (Fsp3) is 0.464. The minimum Gasteiger partial charge on any atom is -0.508 e. The number of benzene rings is 2. The smallest absolute Gasteiger partial charge is 0.306 e. The molecule has 0 aromatic heterocycles. The lowest BCUT2D eigenvalue weighted by atomic mass is 9.97. The Kier molecular flexibility index (Phi) is 9.71. The van der Waals surface area contributed by atoms with Gasteiger partial charge in [-0.15, -0.1) is 0 Å². The van der Waals surface area contributed by atoms with Crippen LogP contribution in [-0.2, 0) is 16.1 Å². The number of rotatable bonds is 10. The number of amides is 1. The Morgan fingerprint density at radius 1 is 1.11 bits per heavy atom. The van der Waals surface area contributed by atoms with Gasteiger partial charge in [-0.2, -0.15) is 0 Å². The van der Waals surface area contributed by atoms with Gasteiger partial charge in [0, 0.05) is 24.8 Å². The molecule has 1 aliphatic rings. The molecular weight excluding hydrogens is 486 g/mol. The molecule has 1 unspecified atom stereocenters. The lowest BCUT2D eigenvalue weighted by Gasteiger charge is -2.33. The van der Waals surface area contributed by atoms with E-state index in [-0.39, 0.29) is 40.6 Å². The summed E-state index contributed by atoms with van der Waals surface area (Å²) < 4.78 is 0. The Hall–Kier alpha value is -3.63. The first-order chi connectivity index (χ1) is 18.1. The number of amidine groups is 1. The van der Waals surface area contributed by atoms with Crippen LogP contribution in [0.3, 0.4) is 0 Å². The van der Waals surface area contributed by atoms with Crippen molar-refractivity contribution in [3.8, 4) is 11.5 Å². The first-order valence-corrected chi connectivity index (χ1v) is 13.0. The van der Waals surface area contributed by atoms with Gasteiger partial charge in [-0.3, -0.25) is 25.2 Å². The van der Waals surface area contributed by atoms with Crippen LogP contribution in [0.5, 0.6) is 11.5 Å². The molecule has 1 saturated heterocycles. The summed E-state index contributed by atoms with van der Waals surface area (Å²) >= 11 is 0. The molecule has 206 valence electrons. The van der Waals surface area contributed by atoms with Crippen molar-refractivity contribution in [1.82, 2.24) is 15.5 Å². The Morgan fingerprint density at radius 3 is 2.26 bits per heavy atom. The van der Waals surface area contributed by atoms with E-state index in [9.17, 15) is 24.9 Å². The highest BCUT2D eigenvalue weighted by Crippen LogP contribution is 2.34. The van der Waals surface area contributed by atoms with Crippen molar-refractivity contribution in [2.75, 3.05) is 31.6 Å². The molecule has 0 aliphatic carbocycles. The Balaban J connectivity index is 1.92. The van der Waals surface area contributed by atoms with Gasteiger partial charge in [0.05, 0.1) is 11.5 Å². The number of likely N-dealkylation sites (N-methyl/N-ethyl adjacent to an activating group) is 2. The van der Waals surface area contributed by atoms with Gasteiger partial charge in [0.25, 0.3) is 5.91 Å². The number of carbonyl (C=O) groups excluding carboxylic acids is 1. The number of carboxylic acid groups (broad SMARTS) is 1. The summed E-state index contributed by atoms with van der Waals surface area (Å²) in [5.74, 6) is -1.79. The number of carboxylic acids is 1. The van der Waals surface area contributed by atoms with E-state index in [2.05, 4.69) is 15.5 Å². The maximum absolute atomic E-state index is 13.0. The van der Waals surface area contributed by atoms with Gasteiger partial charge in [-0.25, -0.2) is 0 Å². The highest BCUT2D eigenvalue weighted by atomic mass is 16.4. The maximum atomic E-state index is 13.0. The van der Waals surface area contributed by atoms with Crippen LogP contribution < -0.4 is 15.5 Å². The molecule has 1 atom stereocenters. The molecule has 6 N–H and O–H groups in total. The Labute approximate surface area is 223 Å². The summed E-state index contributed by atoms with van der Waals surface area (Å²) in [6.07, 6.45) is 0.325. The van der Waals surface area contributed by atoms with Gasteiger partial charge >= 0.3 is 5.97 Å². The van der Waals surface area contributed by atoms with Crippen molar-refractivity contribution >= 4 is 23.4 Å². The predicted octanol–water partition coefficient (Wildman–Crippen LogP) is 3.03. The lowest BCUT2D eigenvalue weighted by Crippen LogP contribution is -2.56. The second-order valence-corrected chi connectivity index (χ2v) is 9.94. The predicted molar refractivity (Wildman–Crippen MR) is 147 cm³/mol. The van der Waals surface area contributed by atoms with Crippen molar-refractivity contribution in [3.63, 3.8) is 0 Å². The summed E-state index contributed by atoms with van der Waals surface area (Å²) in [4.78, 5) is 28.0. The van der Waals surface area contributed by atoms with E-state index in [1.54, 1.807) is 13.1 Å². The molecule has 1 heterocycles. The number of carbonyl (C=O) groups is 2. The van der Waals surface area contributed by atoms with Crippen molar-refractivity contribution in [2.24, 2.45) is 5.92 Å². The SMILES string of the molecule is CCNC(=O)C(NC)N(C(=N)c1cc(C(C)C)c(O)cc1O)c1ccc(CN2CCC(C(=O)O)CC2)cc1. The molecule has 1 amide bonds. The van der Waals surface area contributed by atoms with Crippen molar-refractivity contribution in [2.45, 2.75) is 52.2 Å². The van der Waals surface area contributed by atoms with Gasteiger partial charge in [0.15, 0.2) is 6.17 Å². The third-order valence-electron chi connectivity index (χ3n) is 6.95. The lowest BCUT2D eigenvalue weighted by molar-refractivity contribution is -0.143. The Morgan fingerprint density at radius 2 is 1.74 bits per heavy atom. The highest BCUT2D eigenvalue weighted by Gasteiger charge is 2.30. The summed E-state index contributed by atoms with van der Waals surface area (Å²) in [7, 11) is 1.63. The first kappa shape index (κ1) is 28.9. The second-order valence-electron chi connectivity index (χ2n) is 9.94. The van der Waals surface area contributed by atoms with Gasteiger partial charge in [-0.05, 0) is 75.1 Å². The van der Waals surface area contributed by atoms with E-state index in [0.29, 0.717) is 50.3 Å². The molecule has 0 bridgehead atoms. The number of likely N-dealkylation sites (tertiary alicyclic amines) is 1. The normalized spacial score (nSPS) is 15.3. The van der Waals surface area contributed by atoms with Crippen molar-refractivity contribution in [3.05, 3.63) is 53.1 Å².